The molecule has 0 atom stereocenters. The van der Waals surface area contributed by atoms with Gasteiger partial charge in [-0.1, -0.05) is 48.0 Å². The molecule has 0 aliphatic heterocycles. The Morgan fingerprint density at radius 3 is 2.70 bits per heavy atom. The quantitative estimate of drug-likeness (QED) is 0.394. The van der Waals surface area contributed by atoms with E-state index < -0.39 is 0 Å². The SMILES string of the molecule is O=C(CCc1ncc(-c2ccc(Cl)cc2)o1)NCCOc1cccc2ccccc12. The topological polar surface area (TPSA) is 64.4 Å². The van der Waals surface area contributed by atoms with Crippen molar-refractivity contribution < 1.29 is 13.9 Å². The second-order valence-corrected chi connectivity index (χ2v) is 7.24. The van der Waals surface area contributed by atoms with Gasteiger partial charge in [-0.05, 0) is 35.7 Å². The predicted octanol–water partition coefficient (Wildman–Crippen LogP) is 5.28. The van der Waals surface area contributed by atoms with Gasteiger partial charge in [-0.2, -0.15) is 0 Å². The van der Waals surface area contributed by atoms with Gasteiger partial charge in [0.2, 0.25) is 5.91 Å². The molecule has 0 unspecified atom stereocenters. The molecule has 152 valence electrons. The lowest BCUT2D eigenvalue weighted by Gasteiger charge is -2.10. The van der Waals surface area contributed by atoms with Crippen LogP contribution < -0.4 is 10.1 Å². The average molecular weight is 421 g/mol. The van der Waals surface area contributed by atoms with Crippen molar-refractivity contribution in [3.05, 3.63) is 83.8 Å². The Bertz CT molecular complexity index is 1130. The van der Waals surface area contributed by atoms with Crippen LogP contribution in [0.5, 0.6) is 5.75 Å². The largest absolute Gasteiger partial charge is 0.491 e. The van der Waals surface area contributed by atoms with E-state index in [2.05, 4.69) is 10.3 Å². The number of oxazole rings is 1. The number of aryl methyl sites for hydroxylation is 1. The highest BCUT2D eigenvalue weighted by atomic mass is 35.5. The molecule has 0 spiro atoms. The number of carbonyl (C=O) groups excluding carboxylic acids is 1. The van der Waals surface area contributed by atoms with Crippen molar-refractivity contribution in [1.82, 2.24) is 10.3 Å². The van der Waals surface area contributed by atoms with Crippen LogP contribution >= 0.6 is 11.6 Å². The zero-order valence-electron chi connectivity index (χ0n) is 16.3. The molecule has 1 N–H and O–H groups in total. The third-order valence-corrected chi connectivity index (χ3v) is 4.93. The highest BCUT2D eigenvalue weighted by Crippen LogP contribution is 2.25. The van der Waals surface area contributed by atoms with Gasteiger partial charge < -0.3 is 14.5 Å². The summed E-state index contributed by atoms with van der Waals surface area (Å²) in [5, 5.41) is 5.72. The van der Waals surface area contributed by atoms with E-state index in [1.807, 2.05) is 54.6 Å². The number of nitrogens with zero attached hydrogens (tertiary/aromatic N) is 1. The van der Waals surface area contributed by atoms with Gasteiger partial charge in [0.25, 0.3) is 0 Å². The van der Waals surface area contributed by atoms with Gasteiger partial charge >= 0.3 is 0 Å². The van der Waals surface area contributed by atoms with Crippen molar-refractivity contribution in [2.24, 2.45) is 0 Å². The van der Waals surface area contributed by atoms with E-state index in [1.165, 1.54) is 0 Å². The summed E-state index contributed by atoms with van der Waals surface area (Å²) >= 11 is 5.90. The van der Waals surface area contributed by atoms with Gasteiger partial charge in [0, 0.05) is 28.8 Å². The molecule has 0 radical (unpaired) electrons. The fourth-order valence-electron chi connectivity index (χ4n) is 3.16. The van der Waals surface area contributed by atoms with E-state index >= 15 is 0 Å². The summed E-state index contributed by atoms with van der Waals surface area (Å²) in [5.74, 6) is 1.94. The number of hydrogen-bond donors (Lipinski definition) is 1. The summed E-state index contributed by atoms with van der Waals surface area (Å²) in [5.41, 5.74) is 0.896. The maximum Gasteiger partial charge on any atom is 0.220 e. The molecule has 0 saturated carbocycles. The summed E-state index contributed by atoms with van der Waals surface area (Å²) < 4.78 is 11.6. The maximum absolute atomic E-state index is 12.1. The summed E-state index contributed by atoms with van der Waals surface area (Å²) in [6, 6.07) is 21.3. The first-order chi connectivity index (χ1) is 14.7. The lowest BCUT2D eigenvalue weighted by atomic mass is 10.1. The number of rotatable bonds is 8. The number of halogens is 1. The van der Waals surface area contributed by atoms with E-state index in [9.17, 15) is 4.79 Å². The number of benzene rings is 3. The molecule has 0 aliphatic rings. The second kappa shape index (κ2) is 9.46. The molecule has 5 nitrogen and oxygen atoms in total. The molecule has 30 heavy (non-hydrogen) atoms. The van der Waals surface area contributed by atoms with E-state index in [4.69, 9.17) is 20.8 Å². The minimum atomic E-state index is -0.0669. The van der Waals surface area contributed by atoms with Crippen LogP contribution in [0, 0.1) is 0 Å². The van der Waals surface area contributed by atoms with Crippen LogP contribution in [0.3, 0.4) is 0 Å². The fraction of sp³-hybridized carbons (Fsp3) is 0.167. The van der Waals surface area contributed by atoms with Crippen LogP contribution in [0.4, 0.5) is 0 Å². The molecule has 0 saturated heterocycles. The summed E-state index contributed by atoms with van der Waals surface area (Å²) in [7, 11) is 0. The molecule has 4 aromatic rings. The Balaban J connectivity index is 1.21. The molecule has 6 heteroatoms. The Hall–Kier alpha value is -3.31. The third-order valence-electron chi connectivity index (χ3n) is 4.68. The van der Waals surface area contributed by atoms with Gasteiger partial charge in [0.15, 0.2) is 11.7 Å². The van der Waals surface area contributed by atoms with E-state index in [1.54, 1.807) is 18.3 Å². The number of carbonyl (C=O) groups is 1. The minimum Gasteiger partial charge on any atom is -0.491 e. The molecule has 0 aliphatic carbocycles. The van der Waals surface area contributed by atoms with E-state index in [0.717, 1.165) is 22.1 Å². The number of amides is 1. The van der Waals surface area contributed by atoms with E-state index in [0.29, 0.717) is 42.7 Å². The van der Waals surface area contributed by atoms with Crippen LogP contribution in [-0.4, -0.2) is 24.0 Å². The summed E-state index contributed by atoms with van der Waals surface area (Å²) in [6.07, 6.45) is 2.40. The lowest BCUT2D eigenvalue weighted by Crippen LogP contribution is -2.28. The molecular formula is C24H21ClN2O3. The zero-order chi connectivity index (χ0) is 20.8. The minimum absolute atomic E-state index is 0.0669. The molecule has 0 bridgehead atoms. The molecule has 1 amide bonds. The first-order valence-corrected chi connectivity index (χ1v) is 10.1. The van der Waals surface area contributed by atoms with Crippen molar-refractivity contribution in [3.8, 4) is 17.1 Å². The van der Waals surface area contributed by atoms with E-state index in [-0.39, 0.29) is 5.91 Å². The number of nitrogens with one attached hydrogen (secondary N) is 1. The molecule has 3 aromatic carbocycles. The van der Waals surface area contributed by atoms with Crippen molar-refractivity contribution in [2.75, 3.05) is 13.2 Å². The van der Waals surface area contributed by atoms with Crippen molar-refractivity contribution in [1.29, 1.82) is 0 Å². The van der Waals surface area contributed by atoms with Gasteiger partial charge in [-0.15, -0.1) is 0 Å². The molecule has 1 aromatic heterocycles. The Labute approximate surface area is 179 Å². The standard InChI is InChI=1S/C24H21ClN2O3/c25-19-10-8-18(9-11-19)22-16-27-24(30-22)13-12-23(28)26-14-15-29-21-7-3-5-17-4-1-2-6-20(17)21/h1-11,16H,12-15H2,(H,26,28). The van der Waals surface area contributed by atoms with Gasteiger partial charge in [0.1, 0.15) is 12.4 Å². The second-order valence-electron chi connectivity index (χ2n) is 6.80. The molecular weight excluding hydrogens is 400 g/mol. The van der Waals surface area contributed by atoms with Gasteiger partial charge in [0.05, 0.1) is 12.7 Å². The number of aromatic nitrogens is 1. The normalized spacial score (nSPS) is 10.8. The van der Waals surface area contributed by atoms with Crippen LogP contribution in [0.1, 0.15) is 12.3 Å². The van der Waals surface area contributed by atoms with Crippen LogP contribution in [0.15, 0.2) is 77.3 Å². The molecule has 0 fully saturated rings. The van der Waals surface area contributed by atoms with Crippen molar-refractivity contribution >= 4 is 28.3 Å². The fourth-order valence-corrected chi connectivity index (χ4v) is 3.28. The first-order valence-electron chi connectivity index (χ1n) is 9.77. The monoisotopic (exact) mass is 420 g/mol. The summed E-state index contributed by atoms with van der Waals surface area (Å²) in [6.45, 7) is 0.836. The van der Waals surface area contributed by atoms with Crippen LogP contribution in [0.25, 0.3) is 22.1 Å². The number of hydrogen-bond acceptors (Lipinski definition) is 4. The third kappa shape index (κ3) is 4.99. The first kappa shape index (κ1) is 20.0. The maximum atomic E-state index is 12.1. The highest BCUT2D eigenvalue weighted by Gasteiger charge is 2.09. The smallest absolute Gasteiger partial charge is 0.220 e. The molecule has 1 heterocycles. The van der Waals surface area contributed by atoms with Crippen LogP contribution in [0.2, 0.25) is 5.02 Å². The zero-order valence-corrected chi connectivity index (χ0v) is 17.1. The summed E-state index contributed by atoms with van der Waals surface area (Å²) in [4.78, 5) is 16.4. The number of ether oxygens (including phenoxy) is 1. The van der Waals surface area contributed by atoms with Crippen molar-refractivity contribution in [2.45, 2.75) is 12.8 Å². The predicted molar refractivity (Wildman–Crippen MR) is 118 cm³/mol. The lowest BCUT2D eigenvalue weighted by molar-refractivity contribution is -0.121. The Morgan fingerprint density at radius 1 is 1.03 bits per heavy atom. The molecule has 4 rings (SSSR count). The van der Waals surface area contributed by atoms with Crippen LogP contribution in [-0.2, 0) is 11.2 Å². The average Bonchev–Trinajstić information content (AvgIpc) is 3.25. The number of fused-ring (bicyclic) bond motifs is 1. The Morgan fingerprint density at radius 2 is 1.83 bits per heavy atom. The Kier molecular flexibility index (Phi) is 6.30. The van der Waals surface area contributed by atoms with Crippen molar-refractivity contribution in [3.63, 3.8) is 0 Å². The van der Waals surface area contributed by atoms with Gasteiger partial charge in [-0.25, -0.2) is 4.98 Å². The highest BCUT2D eigenvalue weighted by molar-refractivity contribution is 6.30. The van der Waals surface area contributed by atoms with Gasteiger partial charge in [-0.3, -0.25) is 4.79 Å².